The van der Waals surface area contributed by atoms with Crippen molar-refractivity contribution in [2.75, 3.05) is 36.4 Å². The average molecular weight is 496 g/mol. The maximum Gasteiger partial charge on any atom is 0.272 e. The van der Waals surface area contributed by atoms with Gasteiger partial charge in [-0.3, -0.25) is 14.6 Å². The smallest absolute Gasteiger partial charge is 0.272 e. The number of anilines is 2. The van der Waals surface area contributed by atoms with Crippen LogP contribution >= 0.6 is 0 Å². The predicted molar refractivity (Wildman–Crippen MR) is 141 cm³/mol. The standard InChI is InChI=1S/C28H29N7O2/c1-18-13-25(33-27-8-3-20(15-29)16-32-27)23-14-21(5-7-26(23)35(18)19(2)36)22-4-6-24(31-17-22)28(37)34-11-9-30-10-12-34/h3-8,14,16-18,25,30H,9-13H2,1-2H3,(H,32,33)/t18-,25+/m0/s1. The third-order valence-electron chi connectivity index (χ3n) is 6.95. The lowest BCUT2D eigenvalue weighted by Gasteiger charge is -2.39. The molecule has 2 aromatic heterocycles. The van der Waals surface area contributed by atoms with Crippen LogP contribution in [-0.2, 0) is 4.79 Å². The number of nitrogens with one attached hydrogen (secondary N) is 2. The Morgan fingerprint density at radius 1 is 1.05 bits per heavy atom. The zero-order valence-electron chi connectivity index (χ0n) is 20.9. The van der Waals surface area contributed by atoms with Gasteiger partial charge in [-0.2, -0.15) is 5.26 Å². The van der Waals surface area contributed by atoms with E-state index in [1.165, 1.54) is 0 Å². The number of aromatic nitrogens is 2. The Labute approximate surface area is 216 Å². The van der Waals surface area contributed by atoms with Crippen molar-refractivity contribution < 1.29 is 9.59 Å². The molecule has 9 nitrogen and oxygen atoms in total. The second-order valence-corrected chi connectivity index (χ2v) is 9.46. The van der Waals surface area contributed by atoms with Crippen molar-refractivity contribution in [3.05, 3.63) is 71.7 Å². The molecule has 3 aromatic rings. The van der Waals surface area contributed by atoms with E-state index in [1.807, 2.05) is 34.9 Å². The highest BCUT2D eigenvalue weighted by Crippen LogP contribution is 2.41. The molecule has 4 heterocycles. The Bertz CT molecular complexity index is 1340. The zero-order valence-corrected chi connectivity index (χ0v) is 20.9. The number of fused-ring (bicyclic) bond motifs is 1. The summed E-state index contributed by atoms with van der Waals surface area (Å²) < 4.78 is 0. The molecule has 188 valence electrons. The molecule has 2 aliphatic rings. The third-order valence-corrected chi connectivity index (χ3v) is 6.95. The highest BCUT2D eigenvalue weighted by Gasteiger charge is 2.33. The summed E-state index contributed by atoms with van der Waals surface area (Å²) in [5.41, 5.74) is 4.62. The first-order chi connectivity index (χ1) is 17.9. The molecule has 0 bridgehead atoms. The molecule has 2 amide bonds. The lowest BCUT2D eigenvalue weighted by molar-refractivity contribution is -0.117. The molecule has 9 heteroatoms. The third kappa shape index (κ3) is 5.01. The van der Waals surface area contributed by atoms with Crippen LogP contribution < -0.4 is 15.5 Å². The van der Waals surface area contributed by atoms with E-state index in [0.717, 1.165) is 35.5 Å². The summed E-state index contributed by atoms with van der Waals surface area (Å²) in [4.78, 5) is 37.8. The molecular weight excluding hydrogens is 466 g/mol. The van der Waals surface area contributed by atoms with Crippen molar-refractivity contribution >= 4 is 23.3 Å². The average Bonchev–Trinajstić information content (AvgIpc) is 2.93. The van der Waals surface area contributed by atoms with Crippen LogP contribution in [0.5, 0.6) is 0 Å². The largest absolute Gasteiger partial charge is 0.363 e. The molecule has 0 radical (unpaired) electrons. The first kappa shape index (κ1) is 24.4. The summed E-state index contributed by atoms with van der Waals surface area (Å²) in [7, 11) is 0. The molecule has 1 saturated heterocycles. The maximum atomic E-state index is 12.8. The van der Waals surface area contributed by atoms with Crippen molar-refractivity contribution in [1.29, 1.82) is 5.26 Å². The summed E-state index contributed by atoms with van der Waals surface area (Å²) >= 11 is 0. The van der Waals surface area contributed by atoms with Gasteiger partial charge in [0, 0.05) is 62.8 Å². The van der Waals surface area contributed by atoms with Gasteiger partial charge >= 0.3 is 0 Å². The van der Waals surface area contributed by atoms with E-state index in [-0.39, 0.29) is 23.9 Å². The number of carbonyl (C=O) groups excluding carboxylic acids is 2. The summed E-state index contributed by atoms with van der Waals surface area (Å²) in [6.07, 6.45) is 3.98. The normalized spacial score (nSPS) is 19.1. The van der Waals surface area contributed by atoms with Crippen molar-refractivity contribution in [1.82, 2.24) is 20.2 Å². The van der Waals surface area contributed by atoms with E-state index in [2.05, 4.69) is 32.7 Å². The summed E-state index contributed by atoms with van der Waals surface area (Å²) in [5, 5.41) is 15.8. The van der Waals surface area contributed by atoms with Gasteiger partial charge in [0.2, 0.25) is 5.91 Å². The fourth-order valence-corrected chi connectivity index (χ4v) is 5.11. The number of benzene rings is 1. The van der Waals surface area contributed by atoms with E-state index >= 15 is 0 Å². The van der Waals surface area contributed by atoms with Gasteiger partial charge in [-0.1, -0.05) is 12.1 Å². The minimum Gasteiger partial charge on any atom is -0.363 e. The Hall–Kier alpha value is -4.29. The van der Waals surface area contributed by atoms with E-state index in [9.17, 15) is 9.59 Å². The molecule has 1 fully saturated rings. The molecular formula is C28H29N7O2. The monoisotopic (exact) mass is 495 g/mol. The van der Waals surface area contributed by atoms with Crippen molar-refractivity contribution in [2.45, 2.75) is 32.4 Å². The van der Waals surface area contributed by atoms with Crippen LogP contribution in [0.2, 0.25) is 0 Å². The van der Waals surface area contributed by atoms with Gasteiger partial charge in [0.15, 0.2) is 0 Å². The molecule has 2 atom stereocenters. The van der Waals surface area contributed by atoms with Gasteiger partial charge in [0.1, 0.15) is 17.6 Å². The van der Waals surface area contributed by atoms with Crippen LogP contribution in [0.25, 0.3) is 11.1 Å². The lowest BCUT2D eigenvalue weighted by Crippen LogP contribution is -2.46. The highest BCUT2D eigenvalue weighted by atomic mass is 16.2. The molecule has 0 aliphatic carbocycles. The number of nitriles is 1. The van der Waals surface area contributed by atoms with Crippen LogP contribution in [0.4, 0.5) is 11.5 Å². The Balaban J connectivity index is 1.45. The predicted octanol–water partition coefficient (Wildman–Crippen LogP) is 3.36. The van der Waals surface area contributed by atoms with Crippen molar-refractivity contribution in [2.24, 2.45) is 0 Å². The first-order valence-corrected chi connectivity index (χ1v) is 12.5. The van der Waals surface area contributed by atoms with Crippen LogP contribution in [0.1, 0.15) is 47.9 Å². The van der Waals surface area contributed by atoms with Gasteiger partial charge < -0.3 is 20.4 Å². The lowest BCUT2D eigenvalue weighted by atomic mass is 9.89. The summed E-state index contributed by atoms with van der Waals surface area (Å²) in [6.45, 7) is 6.57. The summed E-state index contributed by atoms with van der Waals surface area (Å²) in [5.74, 6) is 0.610. The second-order valence-electron chi connectivity index (χ2n) is 9.46. The number of rotatable bonds is 4. The van der Waals surface area contributed by atoms with Crippen LogP contribution in [0.3, 0.4) is 0 Å². The Kier molecular flexibility index (Phi) is 6.84. The molecule has 37 heavy (non-hydrogen) atoms. The number of pyridine rings is 2. The van der Waals surface area contributed by atoms with E-state index in [0.29, 0.717) is 36.6 Å². The molecule has 2 aliphatic heterocycles. The highest BCUT2D eigenvalue weighted by molar-refractivity contribution is 5.95. The SMILES string of the molecule is CC(=O)N1c2ccc(-c3ccc(C(=O)N4CCNCC4)nc3)cc2[C@H](Nc2ccc(C#N)cn2)C[C@@H]1C. The molecule has 0 spiro atoms. The van der Waals surface area contributed by atoms with Gasteiger partial charge in [0.25, 0.3) is 5.91 Å². The number of hydrogen-bond donors (Lipinski definition) is 2. The minimum atomic E-state index is -0.0810. The number of hydrogen-bond acceptors (Lipinski definition) is 7. The van der Waals surface area contributed by atoms with Gasteiger partial charge in [-0.05, 0) is 54.8 Å². The van der Waals surface area contributed by atoms with E-state index in [1.54, 1.807) is 37.5 Å². The van der Waals surface area contributed by atoms with Crippen molar-refractivity contribution in [3.63, 3.8) is 0 Å². The van der Waals surface area contributed by atoms with Crippen LogP contribution in [0, 0.1) is 11.3 Å². The first-order valence-electron chi connectivity index (χ1n) is 12.5. The second kappa shape index (κ2) is 10.4. The van der Waals surface area contributed by atoms with E-state index < -0.39 is 0 Å². The number of nitrogens with zero attached hydrogens (tertiary/aromatic N) is 5. The van der Waals surface area contributed by atoms with Gasteiger partial charge in [-0.25, -0.2) is 4.98 Å². The van der Waals surface area contributed by atoms with Crippen molar-refractivity contribution in [3.8, 4) is 17.2 Å². The molecule has 0 unspecified atom stereocenters. The number of carbonyl (C=O) groups is 2. The van der Waals surface area contributed by atoms with Gasteiger partial charge in [-0.15, -0.1) is 0 Å². The van der Waals surface area contributed by atoms with Crippen LogP contribution in [0.15, 0.2) is 54.9 Å². The quantitative estimate of drug-likeness (QED) is 0.570. The number of amides is 2. The van der Waals surface area contributed by atoms with E-state index in [4.69, 9.17) is 5.26 Å². The fourth-order valence-electron chi connectivity index (χ4n) is 5.11. The Morgan fingerprint density at radius 3 is 2.49 bits per heavy atom. The molecule has 5 rings (SSSR count). The summed E-state index contributed by atoms with van der Waals surface area (Å²) in [6, 6.07) is 15.3. The number of piperazine rings is 1. The molecule has 1 aromatic carbocycles. The topological polar surface area (TPSA) is 114 Å². The fraction of sp³-hybridized carbons (Fsp3) is 0.321. The molecule has 2 N–H and O–H groups in total. The maximum absolute atomic E-state index is 12.8. The van der Waals surface area contributed by atoms with Gasteiger partial charge in [0.05, 0.1) is 11.6 Å². The van der Waals surface area contributed by atoms with Crippen LogP contribution in [-0.4, -0.2) is 58.9 Å². The zero-order chi connectivity index (χ0) is 25.9. The molecule has 0 saturated carbocycles. The minimum absolute atomic E-state index is 0.00341. The Morgan fingerprint density at radius 2 is 1.84 bits per heavy atom.